The van der Waals surface area contributed by atoms with Gasteiger partial charge in [-0.2, -0.15) is 22.0 Å². The maximum atomic E-state index is 13.9. The first-order valence-corrected chi connectivity index (χ1v) is 22.0. The predicted molar refractivity (Wildman–Crippen MR) is 214 cm³/mol. The third-order valence-electron chi connectivity index (χ3n) is 13.0. The molecule has 1 aromatic carbocycles. The van der Waals surface area contributed by atoms with Crippen LogP contribution in [0.3, 0.4) is 0 Å². The highest BCUT2D eigenvalue weighted by Gasteiger charge is 2.41. The second-order valence-electron chi connectivity index (χ2n) is 16.9. The molecule has 2 amide bonds. The van der Waals surface area contributed by atoms with E-state index in [1.807, 2.05) is 12.1 Å². The van der Waals surface area contributed by atoms with E-state index in [1.165, 1.54) is 10.8 Å². The van der Waals surface area contributed by atoms with Crippen molar-refractivity contribution in [3.63, 3.8) is 0 Å². The van der Waals surface area contributed by atoms with Crippen LogP contribution >= 0.6 is 0 Å². The SMILES string of the molecule is C[C@@]1(O)CCC[C@H]1n1c(=O)c(C(F)F)cc2cnc(NC3CCN(S(=O)(=O)N4CCN(CC5CCN(c6ccc(C7CCC(=O)NC7=O)cc6)CC5)CC4)CC3)nc21. The molecule has 0 bridgehead atoms. The third-order valence-corrected chi connectivity index (χ3v) is 15.1. The van der Waals surface area contributed by atoms with Gasteiger partial charge in [-0.05, 0) is 88.0 Å². The van der Waals surface area contributed by atoms with Gasteiger partial charge in [0, 0.05) is 88.6 Å². The summed E-state index contributed by atoms with van der Waals surface area (Å²) >= 11 is 0. The van der Waals surface area contributed by atoms with Gasteiger partial charge in [0.15, 0.2) is 0 Å². The van der Waals surface area contributed by atoms with E-state index in [1.54, 1.807) is 15.5 Å². The van der Waals surface area contributed by atoms with Crippen LogP contribution in [0.2, 0.25) is 0 Å². The van der Waals surface area contributed by atoms with Crippen LogP contribution in [0.5, 0.6) is 0 Å². The molecule has 2 aromatic heterocycles. The van der Waals surface area contributed by atoms with E-state index in [4.69, 9.17) is 0 Å². The standard InChI is InChI=1S/C40H53F2N9O6S/c1-40(55)14-2-3-33(40)51-36-28(23-32(35(41)42)38(51)54)24-43-39(46-36)44-29-12-17-49(18-13-29)58(56,57)50-21-19-47(20-22-50)25-26-10-15-48(16-11-26)30-6-4-27(5-7-30)31-8-9-34(52)45-37(31)53/h4-7,23-24,26,29,31,33,35,55H,2-3,8-22,25H2,1H3,(H,43,44,46)(H,45,52,53)/t31?,33-,40-/m1/s1. The molecule has 5 aliphatic rings. The van der Waals surface area contributed by atoms with Crippen LogP contribution in [-0.2, 0) is 19.8 Å². The summed E-state index contributed by atoms with van der Waals surface area (Å²) in [5.41, 5.74) is -0.528. The molecular formula is C40H53F2N9O6S. The predicted octanol–water partition coefficient (Wildman–Crippen LogP) is 3.38. The highest BCUT2D eigenvalue weighted by molar-refractivity contribution is 7.86. The van der Waals surface area contributed by atoms with Gasteiger partial charge in [-0.3, -0.25) is 24.3 Å². The molecule has 3 aromatic rings. The molecule has 1 saturated carbocycles. The van der Waals surface area contributed by atoms with Gasteiger partial charge < -0.3 is 20.2 Å². The van der Waals surface area contributed by atoms with Crippen molar-refractivity contribution in [1.29, 1.82) is 0 Å². The fourth-order valence-electron chi connectivity index (χ4n) is 9.58. The second kappa shape index (κ2) is 16.5. The van der Waals surface area contributed by atoms with Gasteiger partial charge in [0.1, 0.15) is 5.65 Å². The summed E-state index contributed by atoms with van der Waals surface area (Å²) in [5.74, 6) is 0.0211. The molecule has 1 aliphatic carbocycles. The average molecular weight is 826 g/mol. The number of nitrogens with one attached hydrogen (secondary N) is 2. The van der Waals surface area contributed by atoms with Crippen LogP contribution in [0.25, 0.3) is 11.0 Å². The first-order valence-electron chi connectivity index (χ1n) is 20.6. The smallest absolute Gasteiger partial charge is 0.282 e. The lowest BCUT2D eigenvalue weighted by atomic mass is 9.90. The number of aliphatic hydroxyl groups is 1. The molecule has 0 spiro atoms. The first-order chi connectivity index (χ1) is 27.8. The quantitative estimate of drug-likeness (QED) is 0.256. The number of hydrogen-bond acceptors (Lipinski definition) is 11. The zero-order chi connectivity index (χ0) is 40.8. The number of imide groups is 1. The zero-order valence-electron chi connectivity index (χ0n) is 32.9. The van der Waals surface area contributed by atoms with Crippen LogP contribution in [0.15, 0.2) is 41.3 Å². The first kappa shape index (κ1) is 40.7. The molecule has 6 heterocycles. The van der Waals surface area contributed by atoms with Gasteiger partial charge in [0.25, 0.3) is 22.2 Å². The summed E-state index contributed by atoms with van der Waals surface area (Å²) in [4.78, 5) is 50.8. The van der Waals surface area contributed by atoms with Crippen LogP contribution in [0.4, 0.5) is 20.4 Å². The number of piperidine rings is 3. The Balaban J connectivity index is 0.804. The number of alkyl halides is 2. The van der Waals surface area contributed by atoms with Crippen molar-refractivity contribution in [2.75, 3.05) is 69.1 Å². The topological polar surface area (TPSA) is 173 Å². The molecule has 5 fully saturated rings. The molecule has 1 unspecified atom stereocenters. The van der Waals surface area contributed by atoms with Crippen LogP contribution in [0, 0.1) is 5.92 Å². The Bertz CT molecular complexity index is 2160. The lowest BCUT2D eigenvalue weighted by Gasteiger charge is -2.41. The van der Waals surface area contributed by atoms with E-state index in [0.717, 1.165) is 49.8 Å². The summed E-state index contributed by atoms with van der Waals surface area (Å²) in [6.45, 7) is 7.29. The Morgan fingerprint density at radius 1 is 0.931 bits per heavy atom. The molecule has 8 rings (SSSR count). The number of benzene rings is 1. The Morgan fingerprint density at radius 3 is 2.26 bits per heavy atom. The van der Waals surface area contributed by atoms with Gasteiger partial charge in [0.05, 0.1) is 23.1 Å². The number of halogens is 2. The van der Waals surface area contributed by atoms with Crippen molar-refractivity contribution in [2.24, 2.45) is 5.92 Å². The summed E-state index contributed by atoms with van der Waals surface area (Å²) in [7, 11) is -3.65. The summed E-state index contributed by atoms with van der Waals surface area (Å²) < 4.78 is 59.5. The van der Waals surface area contributed by atoms with E-state index < -0.39 is 39.4 Å². The monoisotopic (exact) mass is 825 g/mol. The van der Waals surface area contributed by atoms with Crippen molar-refractivity contribution in [1.82, 2.24) is 33.4 Å². The Labute approximate surface area is 337 Å². The number of piperazine rings is 1. The molecule has 3 N–H and O–H groups in total. The van der Waals surface area contributed by atoms with Crippen molar-refractivity contribution in [2.45, 2.75) is 94.7 Å². The van der Waals surface area contributed by atoms with Gasteiger partial charge in [-0.1, -0.05) is 12.1 Å². The fourth-order valence-corrected chi connectivity index (χ4v) is 11.2. The summed E-state index contributed by atoms with van der Waals surface area (Å²) in [6.07, 6.45) is 3.97. The number of amides is 2. The molecule has 0 radical (unpaired) electrons. The molecule has 58 heavy (non-hydrogen) atoms. The largest absolute Gasteiger partial charge is 0.388 e. The Kier molecular flexibility index (Phi) is 11.6. The van der Waals surface area contributed by atoms with Crippen molar-refractivity contribution in [3.05, 3.63) is 58.0 Å². The van der Waals surface area contributed by atoms with Crippen molar-refractivity contribution < 1.29 is 31.9 Å². The highest BCUT2D eigenvalue weighted by Crippen LogP contribution is 2.40. The van der Waals surface area contributed by atoms with Crippen molar-refractivity contribution >= 4 is 44.7 Å². The number of hydrogen-bond donors (Lipinski definition) is 3. The van der Waals surface area contributed by atoms with Crippen LogP contribution in [-0.4, -0.2) is 124 Å². The van der Waals surface area contributed by atoms with E-state index >= 15 is 0 Å². The number of fused-ring (bicyclic) bond motifs is 1. The zero-order valence-corrected chi connectivity index (χ0v) is 33.7. The maximum Gasteiger partial charge on any atom is 0.282 e. The molecular weight excluding hydrogens is 773 g/mol. The Hall–Kier alpha value is -4.10. The fraction of sp³-hybridized carbons (Fsp3) is 0.625. The number of carbonyl (C=O) groups excluding carboxylic acids is 2. The lowest BCUT2D eigenvalue weighted by Crippen LogP contribution is -2.55. The minimum atomic E-state index is -3.65. The number of nitrogens with zero attached hydrogens (tertiary/aromatic N) is 7. The van der Waals surface area contributed by atoms with Crippen LogP contribution in [0.1, 0.15) is 94.2 Å². The number of pyridine rings is 1. The van der Waals surface area contributed by atoms with Crippen LogP contribution < -0.4 is 21.1 Å². The van der Waals surface area contributed by atoms with Gasteiger partial charge in [0.2, 0.25) is 17.8 Å². The van der Waals surface area contributed by atoms with E-state index in [-0.39, 0.29) is 40.8 Å². The summed E-state index contributed by atoms with van der Waals surface area (Å²) in [5, 5.41) is 17.0. The van der Waals surface area contributed by atoms with Gasteiger partial charge in [-0.25, -0.2) is 13.8 Å². The Morgan fingerprint density at radius 2 is 1.62 bits per heavy atom. The molecule has 314 valence electrons. The minimum absolute atomic E-state index is 0.139. The van der Waals surface area contributed by atoms with E-state index in [0.29, 0.717) is 90.1 Å². The minimum Gasteiger partial charge on any atom is -0.388 e. The maximum absolute atomic E-state index is 13.9. The second-order valence-corrected chi connectivity index (χ2v) is 18.8. The van der Waals surface area contributed by atoms with Crippen molar-refractivity contribution in [3.8, 4) is 0 Å². The third kappa shape index (κ3) is 8.35. The lowest BCUT2D eigenvalue weighted by molar-refractivity contribution is -0.134. The number of rotatable bonds is 10. The van der Waals surface area contributed by atoms with Gasteiger partial charge in [-0.15, -0.1) is 0 Å². The highest BCUT2D eigenvalue weighted by atomic mass is 32.2. The number of anilines is 2. The number of aromatic nitrogens is 3. The van der Waals surface area contributed by atoms with Gasteiger partial charge >= 0.3 is 0 Å². The molecule has 18 heteroatoms. The number of carbonyl (C=O) groups is 2. The normalized spacial score (nSPS) is 26.5. The molecule has 3 atom stereocenters. The average Bonchev–Trinajstić information content (AvgIpc) is 3.56. The molecule has 4 aliphatic heterocycles. The molecule has 4 saturated heterocycles. The van der Waals surface area contributed by atoms with E-state index in [9.17, 15) is 36.7 Å². The van der Waals surface area contributed by atoms with E-state index in [2.05, 4.69) is 42.5 Å². The molecule has 15 nitrogen and oxygen atoms in total. The summed E-state index contributed by atoms with van der Waals surface area (Å²) in [6, 6.07) is 8.41.